The molecule has 0 radical (unpaired) electrons. The van der Waals surface area contributed by atoms with Gasteiger partial charge in [0, 0.05) is 19.7 Å². The molecule has 0 bridgehead atoms. The molecule has 0 saturated carbocycles. The lowest BCUT2D eigenvalue weighted by molar-refractivity contribution is 0.169. The number of nitrogens with one attached hydrogen (secondary N) is 2. The van der Waals surface area contributed by atoms with Crippen molar-refractivity contribution in [3.05, 3.63) is 11.7 Å². The molecule has 23 heavy (non-hydrogen) atoms. The van der Waals surface area contributed by atoms with E-state index in [0.717, 1.165) is 38.3 Å². The fourth-order valence-electron chi connectivity index (χ4n) is 2.34. The van der Waals surface area contributed by atoms with Crippen LogP contribution in [0.25, 0.3) is 0 Å². The monoisotopic (exact) mass is 439 g/mol. The summed E-state index contributed by atoms with van der Waals surface area (Å²) in [5.41, 5.74) is 0.0893. The summed E-state index contributed by atoms with van der Waals surface area (Å²) < 4.78 is 5.06. The first-order valence-electron chi connectivity index (χ1n) is 8.01. The molecule has 0 aliphatic heterocycles. The lowest BCUT2D eigenvalue weighted by atomic mass is 9.79. The third-order valence-electron chi connectivity index (χ3n) is 4.06. The second-order valence-corrected chi connectivity index (χ2v) is 5.46. The summed E-state index contributed by atoms with van der Waals surface area (Å²) >= 11 is 0. The Kier molecular flexibility index (Phi) is 11.2. The Morgan fingerprint density at radius 2 is 1.96 bits per heavy atom. The Bertz CT molecular complexity index is 460. The molecule has 0 unspecified atom stereocenters. The van der Waals surface area contributed by atoms with Gasteiger partial charge in [-0.1, -0.05) is 19.0 Å². The van der Waals surface area contributed by atoms with Gasteiger partial charge in [-0.05, 0) is 38.5 Å². The summed E-state index contributed by atoms with van der Waals surface area (Å²) in [6, 6.07) is 0. The molecule has 3 N–H and O–H groups in total. The molecule has 7 nitrogen and oxygen atoms in total. The van der Waals surface area contributed by atoms with Crippen LogP contribution < -0.4 is 10.6 Å². The summed E-state index contributed by atoms with van der Waals surface area (Å²) in [4.78, 5) is 8.60. The fraction of sp³-hybridized carbons (Fsp3) is 0.800. The van der Waals surface area contributed by atoms with Gasteiger partial charge in [0.1, 0.15) is 6.54 Å². The SMILES string of the molecule is CCNC(=NCc1nc(C)no1)NCC(CC)(CC)CCO.I. The second-order valence-electron chi connectivity index (χ2n) is 5.46. The van der Waals surface area contributed by atoms with Gasteiger partial charge in [0.2, 0.25) is 5.89 Å². The van der Waals surface area contributed by atoms with Crippen LogP contribution in [0, 0.1) is 12.3 Å². The van der Waals surface area contributed by atoms with Crippen LogP contribution in [0.15, 0.2) is 9.52 Å². The van der Waals surface area contributed by atoms with Crippen LogP contribution in [0.3, 0.4) is 0 Å². The van der Waals surface area contributed by atoms with Gasteiger partial charge < -0.3 is 20.3 Å². The van der Waals surface area contributed by atoms with Gasteiger partial charge >= 0.3 is 0 Å². The number of rotatable bonds is 9. The predicted octanol–water partition coefficient (Wildman–Crippen LogP) is 2.24. The molecule has 0 fully saturated rings. The minimum Gasteiger partial charge on any atom is -0.396 e. The van der Waals surface area contributed by atoms with E-state index in [1.807, 2.05) is 6.92 Å². The number of hydrogen-bond donors (Lipinski definition) is 3. The maximum absolute atomic E-state index is 9.29. The smallest absolute Gasteiger partial charge is 0.248 e. The Morgan fingerprint density at radius 3 is 2.43 bits per heavy atom. The maximum atomic E-state index is 9.29. The van der Waals surface area contributed by atoms with Gasteiger partial charge in [-0.25, -0.2) is 4.99 Å². The normalized spacial score (nSPS) is 12.0. The first-order valence-corrected chi connectivity index (χ1v) is 8.01. The van der Waals surface area contributed by atoms with Gasteiger partial charge in [0.25, 0.3) is 0 Å². The van der Waals surface area contributed by atoms with Crippen molar-refractivity contribution in [2.45, 2.75) is 53.5 Å². The number of aryl methyl sites for hydroxylation is 1. The van der Waals surface area contributed by atoms with E-state index in [-0.39, 0.29) is 36.0 Å². The summed E-state index contributed by atoms with van der Waals surface area (Å²) in [7, 11) is 0. The molecule has 0 aromatic carbocycles. The number of halogens is 1. The van der Waals surface area contributed by atoms with Crippen molar-refractivity contribution in [1.29, 1.82) is 0 Å². The highest BCUT2D eigenvalue weighted by atomic mass is 127. The van der Waals surface area contributed by atoms with Crippen LogP contribution in [0.5, 0.6) is 0 Å². The average molecular weight is 439 g/mol. The molecule has 0 saturated heterocycles. The minimum atomic E-state index is 0. The first kappa shape index (κ1) is 22.1. The van der Waals surface area contributed by atoms with Gasteiger partial charge in [-0.15, -0.1) is 24.0 Å². The molecular weight excluding hydrogens is 409 g/mol. The Labute approximate surface area is 155 Å². The number of aliphatic imine (C=N–C) groups is 1. The van der Waals surface area contributed by atoms with E-state index in [9.17, 15) is 5.11 Å². The van der Waals surface area contributed by atoms with E-state index in [2.05, 4.69) is 39.6 Å². The highest BCUT2D eigenvalue weighted by Gasteiger charge is 2.25. The highest BCUT2D eigenvalue weighted by Crippen LogP contribution is 2.29. The van der Waals surface area contributed by atoms with Gasteiger partial charge in [-0.2, -0.15) is 4.98 Å². The lowest BCUT2D eigenvalue weighted by Crippen LogP contribution is -2.43. The zero-order valence-corrected chi connectivity index (χ0v) is 16.9. The zero-order chi connectivity index (χ0) is 16.4. The predicted molar refractivity (Wildman–Crippen MR) is 102 cm³/mol. The van der Waals surface area contributed by atoms with Crippen molar-refractivity contribution in [2.24, 2.45) is 10.4 Å². The Morgan fingerprint density at radius 1 is 1.26 bits per heavy atom. The molecule has 0 aliphatic rings. The molecule has 0 amide bonds. The van der Waals surface area contributed by atoms with E-state index >= 15 is 0 Å². The number of hydrogen-bond acceptors (Lipinski definition) is 5. The third kappa shape index (κ3) is 7.47. The fourth-order valence-corrected chi connectivity index (χ4v) is 2.34. The van der Waals surface area contributed by atoms with Crippen molar-refractivity contribution in [3.8, 4) is 0 Å². The molecule has 134 valence electrons. The summed E-state index contributed by atoms with van der Waals surface area (Å²) in [6.45, 7) is 10.2. The van der Waals surface area contributed by atoms with Crippen molar-refractivity contribution >= 4 is 29.9 Å². The molecule has 8 heteroatoms. The molecule has 0 aliphatic carbocycles. The number of aromatic nitrogens is 2. The maximum Gasteiger partial charge on any atom is 0.248 e. The van der Waals surface area contributed by atoms with E-state index in [0.29, 0.717) is 18.3 Å². The van der Waals surface area contributed by atoms with E-state index < -0.39 is 0 Å². The van der Waals surface area contributed by atoms with Crippen LogP contribution in [0.2, 0.25) is 0 Å². The summed E-state index contributed by atoms with van der Waals surface area (Å²) in [5, 5.41) is 19.6. The number of nitrogens with zero attached hydrogens (tertiary/aromatic N) is 3. The molecular formula is C15H30IN5O2. The van der Waals surface area contributed by atoms with E-state index in [4.69, 9.17) is 4.52 Å². The summed E-state index contributed by atoms with van der Waals surface area (Å²) in [5.74, 6) is 1.84. The van der Waals surface area contributed by atoms with Gasteiger partial charge in [0.15, 0.2) is 11.8 Å². The number of guanidine groups is 1. The Hall–Kier alpha value is -0.900. The second kappa shape index (κ2) is 11.6. The minimum absolute atomic E-state index is 0. The van der Waals surface area contributed by atoms with Gasteiger partial charge in [0.05, 0.1) is 0 Å². The standard InChI is InChI=1S/C15H29N5O2.HI/c1-5-15(6-2,8-9-21)11-18-14(16-7-3)17-10-13-19-12(4)20-22-13;/h21H,5-11H2,1-4H3,(H2,16,17,18);1H. The molecule has 1 rings (SSSR count). The third-order valence-corrected chi connectivity index (χ3v) is 4.06. The van der Waals surface area contributed by atoms with Crippen LogP contribution in [-0.2, 0) is 6.54 Å². The molecule has 1 heterocycles. The quantitative estimate of drug-likeness (QED) is 0.310. The average Bonchev–Trinajstić information content (AvgIpc) is 2.94. The van der Waals surface area contributed by atoms with E-state index in [1.54, 1.807) is 6.92 Å². The molecule has 0 spiro atoms. The Balaban J connectivity index is 0.00000484. The van der Waals surface area contributed by atoms with Crippen LogP contribution in [0.1, 0.15) is 51.7 Å². The lowest BCUT2D eigenvalue weighted by Gasteiger charge is -2.32. The van der Waals surface area contributed by atoms with Crippen molar-refractivity contribution in [1.82, 2.24) is 20.8 Å². The van der Waals surface area contributed by atoms with Crippen molar-refractivity contribution < 1.29 is 9.63 Å². The number of aliphatic hydroxyl groups is 1. The van der Waals surface area contributed by atoms with Crippen LogP contribution >= 0.6 is 24.0 Å². The van der Waals surface area contributed by atoms with Crippen molar-refractivity contribution in [2.75, 3.05) is 19.7 Å². The first-order chi connectivity index (χ1) is 10.6. The largest absolute Gasteiger partial charge is 0.396 e. The van der Waals surface area contributed by atoms with Crippen LogP contribution in [-0.4, -0.2) is 40.9 Å². The summed E-state index contributed by atoms with van der Waals surface area (Å²) in [6.07, 6.45) is 2.81. The molecule has 0 atom stereocenters. The van der Waals surface area contributed by atoms with E-state index in [1.165, 1.54) is 0 Å². The van der Waals surface area contributed by atoms with Crippen molar-refractivity contribution in [3.63, 3.8) is 0 Å². The highest BCUT2D eigenvalue weighted by molar-refractivity contribution is 14.0. The van der Waals surface area contributed by atoms with Crippen LogP contribution in [0.4, 0.5) is 0 Å². The topological polar surface area (TPSA) is 95.6 Å². The zero-order valence-electron chi connectivity index (χ0n) is 14.6. The molecule has 1 aromatic rings. The molecule has 1 aromatic heterocycles. The van der Waals surface area contributed by atoms with Gasteiger partial charge in [-0.3, -0.25) is 0 Å². The number of aliphatic hydroxyl groups excluding tert-OH is 1.